The Labute approximate surface area is 167 Å². The molecule has 0 bridgehead atoms. The van der Waals surface area contributed by atoms with Crippen molar-refractivity contribution in [1.29, 1.82) is 0 Å². The van der Waals surface area contributed by atoms with Gasteiger partial charge in [0.05, 0.1) is 16.4 Å². The highest BCUT2D eigenvalue weighted by atomic mass is 79.9. The highest BCUT2D eigenvalue weighted by Gasteiger charge is 2.15. The molecule has 0 aliphatic heterocycles. The van der Waals surface area contributed by atoms with E-state index < -0.39 is 17.1 Å². The van der Waals surface area contributed by atoms with E-state index in [4.69, 9.17) is 11.6 Å². The van der Waals surface area contributed by atoms with Crippen LogP contribution in [-0.4, -0.2) is 20.9 Å². The van der Waals surface area contributed by atoms with Crippen molar-refractivity contribution < 1.29 is 5.11 Å². The molecule has 0 fully saturated rings. The number of benzene rings is 2. The quantitative estimate of drug-likeness (QED) is 0.593. The molecule has 3 rings (SSSR count). The van der Waals surface area contributed by atoms with Gasteiger partial charge in [0.15, 0.2) is 0 Å². The van der Waals surface area contributed by atoms with E-state index in [1.54, 1.807) is 24.3 Å². The van der Waals surface area contributed by atoms with Gasteiger partial charge in [0.25, 0.3) is 5.56 Å². The zero-order chi connectivity index (χ0) is 19.7. The van der Waals surface area contributed by atoms with E-state index in [-0.39, 0.29) is 5.56 Å². The summed E-state index contributed by atoms with van der Waals surface area (Å²) >= 11 is 9.42. The number of H-pyrrole nitrogens is 1. The van der Waals surface area contributed by atoms with Crippen LogP contribution >= 0.6 is 27.5 Å². The summed E-state index contributed by atoms with van der Waals surface area (Å²) < 4.78 is 1.83. The van der Waals surface area contributed by atoms with Gasteiger partial charge in [-0.15, -0.1) is 0 Å². The normalized spacial score (nSPS) is 11.3. The fourth-order valence-corrected chi connectivity index (χ4v) is 3.38. The molecule has 0 saturated heterocycles. The van der Waals surface area contributed by atoms with Gasteiger partial charge in [0.1, 0.15) is 5.56 Å². The molecular formula is C19H15BrClN3O3. The van der Waals surface area contributed by atoms with Crippen LogP contribution in [0.1, 0.15) is 16.7 Å². The van der Waals surface area contributed by atoms with Crippen molar-refractivity contribution in [2.75, 3.05) is 0 Å². The smallest absolute Gasteiger partial charge is 0.335 e. The Morgan fingerprint density at radius 2 is 1.93 bits per heavy atom. The summed E-state index contributed by atoms with van der Waals surface area (Å²) in [6.07, 6.45) is 1.18. The first-order valence-electron chi connectivity index (χ1n) is 7.93. The number of aromatic hydroxyl groups is 1. The van der Waals surface area contributed by atoms with E-state index in [0.717, 1.165) is 20.2 Å². The van der Waals surface area contributed by atoms with Crippen LogP contribution in [0.25, 0.3) is 5.69 Å². The summed E-state index contributed by atoms with van der Waals surface area (Å²) in [5, 5.41) is 11.0. The summed E-state index contributed by atoms with van der Waals surface area (Å²) in [5.74, 6) is -0.493. The van der Waals surface area contributed by atoms with Gasteiger partial charge >= 0.3 is 5.69 Å². The van der Waals surface area contributed by atoms with Gasteiger partial charge in [-0.1, -0.05) is 45.2 Å². The van der Waals surface area contributed by atoms with Gasteiger partial charge in [0.2, 0.25) is 5.88 Å². The molecule has 2 aromatic carbocycles. The topological polar surface area (TPSA) is 87.4 Å². The maximum Gasteiger partial charge on any atom is 0.335 e. The number of aliphatic imine (C=N–C) groups is 1. The van der Waals surface area contributed by atoms with E-state index in [2.05, 4.69) is 25.9 Å². The monoisotopic (exact) mass is 447 g/mol. The summed E-state index contributed by atoms with van der Waals surface area (Å²) in [5.41, 5.74) is 1.06. The zero-order valence-corrected chi connectivity index (χ0v) is 16.8. The predicted octanol–water partition coefficient (Wildman–Crippen LogP) is 4.01. The molecule has 0 spiro atoms. The highest BCUT2D eigenvalue weighted by molar-refractivity contribution is 9.10. The van der Waals surface area contributed by atoms with Crippen molar-refractivity contribution >= 4 is 39.4 Å². The summed E-state index contributed by atoms with van der Waals surface area (Å²) in [6, 6.07) is 10.5. The van der Waals surface area contributed by atoms with Crippen molar-refractivity contribution in [3.63, 3.8) is 0 Å². The molecule has 0 amide bonds. The number of rotatable bonds is 3. The van der Waals surface area contributed by atoms with Crippen LogP contribution < -0.4 is 11.2 Å². The van der Waals surface area contributed by atoms with E-state index in [9.17, 15) is 14.7 Å². The second kappa shape index (κ2) is 7.54. The Balaban J connectivity index is 2.16. The number of aromatic nitrogens is 2. The molecule has 0 atom stereocenters. The van der Waals surface area contributed by atoms with Gasteiger partial charge in [-0.2, -0.15) is 0 Å². The van der Waals surface area contributed by atoms with Crippen molar-refractivity contribution in [3.8, 4) is 11.6 Å². The van der Waals surface area contributed by atoms with Crippen molar-refractivity contribution in [1.82, 2.24) is 9.55 Å². The Kier molecular flexibility index (Phi) is 5.34. The van der Waals surface area contributed by atoms with E-state index in [1.807, 2.05) is 26.0 Å². The van der Waals surface area contributed by atoms with Crippen LogP contribution in [0.15, 0.2) is 55.5 Å². The van der Waals surface area contributed by atoms with E-state index in [1.165, 1.54) is 6.21 Å². The molecule has 1 aromatic heterocycles. The van der Waals surface area contributed by atoms with Gasteiger partial charge in [-0.25, -0.2) is 9.36 Å². The Morgan fingerprint density at radius 1 is 1.19 bits per heavy atom. The van der Waals surface area contributed by atoms with Crippen LogP contribution in [-0.2, 0) is 0 Å². The summed E-state index contributed by atoms with van der Waals surface area (Å²) in [7, 11) is 0. The van der Waals surface area contributed by atoms with Gasteiger partial charge in [0, 0.05) is 10.7 Å². The lowest BCUT2D eigenvalue weighted by Crippen LogP contribution is -2.31. The zero-order valence-electron chi connectivity index (χ0n) is 14.5. The first-order valence-corrected chi connectivity index (χ1v) is 9.10. The summed E-state index contributed by atoms with van der Waals surface area (Å²) in [4.78, 5) is 30.9. The van der Waals surface area contributed by atoms with Gasteiger partial charge in [-0.05, 0) is 43.7 Å². The third kappa shape index (κ3) is 3.89. The van der Waals surface area contributed by atoms with Crippen LogP contribution in [0, 0.1) is 13.8 Å². The lowest BCUT2D eigenvalue weighted by Gasteiger charge is -2.12. The Morgan fingerprint density at radius 3 is 2.59 bits per heavy atom. The minimum atomic E-state index is -0.740. The molecule has 0 aliphatic rings. The molecule has 0 unspecified atom stereocenters. The Bertz CT molecular complexity index is 1180. The molecule has 0 aliphatic carbocycles. The lowest BCUT2D eigenvalue weighted by atomic mass is 10.1. The second-order valence-corrected chi connectivity index (χ2v) is 7.30. The molecule has 0 saturated carbocycles. The van der Waals surface area contributed by atoms with Crippen LogP contribution in [0.5, 0.6) is 5.88 Å². The molecule has 27 heavy (non-hydrogen) atoms. The first kappa shape index (κ1) is 19.1. The number of nitrogens with one attached hydrogen (secondary N) is 1. The van der Waals surface area contributed by atoms with Crippen molar-refractivity contribution in [2.45, 2.75) is 13.8 Å². The molecule has 3 aromatic rings. The number of aryl methyl sites for hydroxylation is 2. The van der Waals surface area contributed by atoms with Crippen molar-refractivity contribution in [3.05, 3.63) is 83.4 Å². The second-order valence-electron chi connectivity index (χ2n) is 5.98. The maximum atomic E-state index is 12.3. The third-order valence-corrected chi connectivity index (χ3v) is 4.75. The maximum absolute atomic E-state index is 12.3. The minimum Gasteiger partial charge on any atom is -0.493 e. The fourth-order valence-electron chi connectivity index (χ4n) is 2.65. The first-order chi connectivity index (χ1) is 12.8. The Hall–Kier alpha value is -2.64. The number of hydrogen-bond acceptors (Lipinski definition) is 4. The molecule has 138 valence electrons. The molecule has 0 radical (unpaired) electrons. The standard InChI is InChI=1S/C19H15BrClN3O3/c1-10-3-6-16(11(2)7-10)24-18(26)13(17(25)23-19(24)27)9-22-15-5-4-12(20)8-14(15)21/h3-9,26H,1-2H3,(H,23,25,27). The lowest BCUT2D eigenvalue weighted by molar-refractivity contribution is 0.430. The molecular weight excluding hydrogens is 434 g/mol. The average Bonchev–Trinajstić information content (AvgIpc) is 2.58. The molecule has 8 heteroatoms. The van der Waals surface area contributed by atoms with E-state index >= 15 is 0 Å². The fraction of sp³-hybridized carbons (Fsp3) is 0.105. The molecule has 1 heterocycles. The van der Waals surface area contributed by atoms with E-state index in [0.29, 0.717) is 16.4 Å². The number of nitrogens with zero attached hydrogens (tertiary/aromatic N) is 2. The van der Waals surface area contributed by atoms with Crippen LogP contribution in [0.2, 0.25) is 5.02 Å². The SMILES string of the molecule is Cc1ccc(-n2c(O)c(C=Nc3ccc(Br)cc3Cl)c(=O)[nH]c2=O)c(C)c1. The average molecular weight is 449 g/mol. The van der Waals surface area contributed by atoms with Crippen LogP contribution in [0.4, 0.5) is 5.69 Å². The van der Waals surface area contributed by atoms with Crippen molar-refractivity contribution in [2.24, 2.45) is 4.99 Å². The minimum absolute atomic E-state index is 0.145. The van der Waals surface area contributed by atoms with Gasteiger partial charge in [-0.3, -0.25) is 14.8 Å². The number of hydrogen-bond donors (Lipinski definition) is 2. The highest BCUT2D eigenvalue weighted by Crippen LogP contribution is 2.28. The van der Waals surface area contributed by atoms with Crippen LogP contribution in [0.3, 0.4) is 0 Å². The third-order valence-electron chi connectivity index (χ3n) is 3.96. The largest absolute Gasteiger partial charge is 0.493 e. The summed E-state index contributed by atoms with van der Waals surface area (Å²) in [6.45, 7) is 3.74. The number of halogens is 2. The molecule has 2 N–H and O–H groups in total. The number of aromatic amines is 1. The van der Waals surface area contributed by atoms with Gasteiger partial charge < -0.3 is 5.11 Å². The molecule has 6 nitrogen and oxygen atoms in total. The predicted molar refractivity (Wildman–Crippen MR) is 110 cm³/mol.